The van der Waals surface area contributed by atoms with Crippen LogP contribution in [0.15, 0.2) is 41.0 Å². The normalized spacial score (nSPS) is 15.2. The van der Waals surface area contributed by atoms with Crippen LogP contribution in [0.4, 0.5) is 15.8 Å². The monoisotopic (exact) mass is 370 g/mol. The van der Waals surface area contributed by atoms with Gasteiger partial charge in [0.15, 0.2) is 11.3 Å². The number of hydrogen-bond acceptors (Lipinski definition) is 7. The van der Waals surface area contributed by atoms with Crippen LogP contribution in [0.1, 0.15) is 23.2 Å². The molecule has 0 radical (unpaired) electrons. The maximum Gasteiger partial charge on any atom is 0.300 e. The molecule has 4 rings (SSSR count). The molecule has 1 saturated heterocycles. The van der Waals surface area contributed by atoms with Crippen molar-refractivity contribution in [1.82, 2.24) is 10.3 Å². The van der Waals surface area contributed by atoms with E-state index in [2.05, 4.69) is 10.3 Å². The Morgan fingerprint density at radius 1 is 1.11 bits per heavy atom. The number of ketones is 1. The van der Waals surface area contributed by atoms with Crippen molar-refractivity contribution in [2.24, 2.45) is 5.92 Å². The van der Waals surface area contributed by atoms with Crippen LogP contribution in [0.3, 0.4) is 0 Å². The Morgan fingerprint density at radius 2 is 1.78 bits per heavy atom. The molecule has 0 aliphatic carbocycles. The van der Waals surface area contributed by atoms with Gasteiger partial charge in [0.2, 0.25) is 5.52 Å². The van der Waals surface area contributed by atoms with Gasteiger partial charge in [-0.25, -0.2) is 9.02 Å². The fraction of sp³-hybridized carbons (Fsp3) is 0.278. The van der Waals surface area contributed by atoms with Gasteiger partial charge in [0, 0.05) is 30.6 Å². The minimum absolute atomic E-state index is 0.00611. The average molecular weight is 370 g/mol. The Kier molecular flexibility index (Phi) is 4.27. The first-order valence-electron chi connectivity index (χ1n) is 8.49. The van der Waals surface area contributed by atoms with Crippen LogP contribution >= 0.6 is 0 Å². The fourth-order valence-corrected chi connectivity index (χ4v) is 3.48. The third-order valence-corrected chi connectivity index (χ3v) is 4.90. The van der Waals surface area contributed by atoms with Crippen molar-refractivity contribution < 1.29 is 18.7 Å². The summed E-state index contributed by atoms with van der Waals surface area (Å²) in [7, 11) is 0. The summed E-state index contributed by atoms with van der Waals surface area (Å²) in [6.45, 7) is 1.19. The minimum Gasteiger partial charge on any atom is -0.370 e. The molecule has 2 heterocycles. The molecule has 3 aromatic rings. The third-order valence-electron chi connectivity index (χ3n) is 4.90. The molecule has 1 fully saturated rings. The number of nitrogens with zero attached hydrogens (tertiary/aromatic N) is 4. The molecular weight excluding hydrogens is 355 g/mol. The molecule has 138 valence electrons. The first-order chi connectivity index (χ1) is 13.0. The number of halogens is 1. The highest BCUT2D eigenvalue weighted by atomic mass is 19.1. The number of aromatic nitrogens is 2. The molecule has 27 heavy (non-hydrogen) atoms. The standard InChI is InChI=1S/C18H15FN4O4/c19-13-3-1-11(2-4-13)18(24)12-7-9-22(10-8-12)14-5-6-15(23(25)26)17-16(14)20-27-21-17/h1-6,12H,7-10H2. The van der Waals surface area contributed by atoms with E-state index >= 15 is 0 Å². The smallest absolute Gasteiger partial charge is 0.300 e. The summed E-state index contributed by atoms with van der Waals surface area (Å²) >= 11 is 0. The van der Waals surface area contributed by atoms with Crippen LogP contribution in [0, 0.1) is 21.8 Å². The zero-order valence-corrected chi connectivity index (χ0v) is 14.2. The van der Waals surface area contributed by atoms with Crippen molar-refractivity contribution in [3.8, 4) is 0 Å². The molecular formula is C18H15FN4O4. The predicted octanol–water partition coefficient (Wildman–Crippen LogP) is 3.37. The van der Waals surface area contributed by atoms with Crippen LogP contribution in [0.5, 0.6) is 0 Å². The highest BCUT2D eigenvalue weighted by Crippen LogP contribution is 2.33. The van der Waals surface area contributed by atoms with E-state index in [9.17, 15) is 19.3 Å². The van der Waals surface area contributed by atoms with Crippen molar-refractivity contribution in [3.05, 3.63) is 57.9 Å². The van der Waals surface area contributed by atoms with E-state index in [1.54, 1.807) is 6.07 Å². The fourth-order valence-electron chi connectivity index (χ4n) is 3.48. The second kappa shape index (κ2) is 6.75. The summed E-state index contributed by atoms with van der Waals surface area (Å²) in [5.74, 6) is -0.507. The average Bonchev–Trinajstić information content (AvgIpc) is 3.17. The van der Waals surface area contributed by atoms with E-state index in [1.165, 1.54) is 30.3 Å². The van der Waals surface area contributed by atoms with E-state index in [-0.39, 0.29) is 28.7 Å². The van der Waals surface area contributed by atoms with Gasteiger partial charge >= 0.3 is 5.69 Å². The highest BCUT2D eigenvalue weighted by Gasteiger charge is 2.28. The Balaban J connectivity index is 1.51. The number of anilines is 1. The van der Waals surface area contributed by atoms with Gasteiger partial charge in [-0.3, -0.25) is 14.9 Å². The van der Waals surface area contributed by atoms with Gasteiger partial charge in [-0.15, -0.1) is 0 Å². The van der Waals surface area contributed by atoms with Gasteiger partial charge in [-0.2, -0.15) is 0 Å². The SMILES string of the molecule is O=C(c1ccc(F)cc1)C1CCN(c2ccc([N+](=O)[O-])c3nonc23)CC1. The summed E-state index contributed by atoms with van der Waals surface area (Å²) in [5, 5.41) is 18.6. The first kappa shape index (κ1) is 17.1. The Labute approximate surface area is 152 Å². The van der Waals surface area contributed by atoms with E-state index in [0.29, 0.717) is 42.7 Å². The number of nitro groups is 1. The molecule has 0 atom stereocenters. The lowest BCUT2D eigenvalue weighted by molar-refractivity contribution is -0.383. The zero-order valence-electron chi connectivity index (χ0n) is 14.2. The summed E-state index contributed by atoms with van der Waals surface area (Å²) in [5.41, 5.74) is 1.50. The molecule has 8 nitrogen and oxygen atoms in total. The predicted molar refractivity (Wildman–Crippen MR) is 94.1 cm³/mol. The number of fused-ring (bicyclic) bond motifs is 1. The Morgan fingerprint density at radius 3 is 2.44 bits per heavy atom. The second-order valence-corrected chi connectivity index (χ2v) is 6.45. The van der Waals surface area contributed by atoms with Crippen molar-refractivity contribution in [2.75, 3.05) is 18.0 Å². The Bertz CT molecular complexity index is 1010. The molecule has 1 aromatic heterocycles. The van der Waals surface area contributed by atoms with E-state index in [0.717, 1.165) is 0 Å². The van der Waals surface area contributed by atoms with Gasteiger partial charge in [0.1, 0.15) is 5.82 Å². The van der Waals surface area contributed by atoms with Gasteiger partial charge < -0.3 is 4.90 Å². The van der Waals surface area contributed by atoms with Crippen LogP contribution in [-0.4, -0.2) is 34.1 Å². The summed E-state index contributed by atoms with van der Waals surface area (Å²) < 4.78 is 17.7. The van der Waals surface area contributed by atoms with Crippen LogP contribution in [-0.2, 0) is 0 Å². The number of benzene rings is 2. The molecule has 0 saturated carbocycles. The maximum atomic E-state index is 13.0. The van der Waals surface area contributed by atoms with Crippen LogP contribution in [0.25, 0.3) is 11.0 Å². The molecule has 0 bridgehead atoms. The number of non-ortho nitro benzene ring substituents is 1. The maximum absolute atomic E-state index is 13.0. The minimum atomic E-state index is -0.524. The van der Waals surface area contributed by atoms with E-state index in [4.69, 9.17) is 4.63 Å². The molecule has 1 aliphatic rings. The van der Waals surface area contributed by atoms with Crippen molar-refractivity contribution in [2.45, 2.75) is 12.8 Å². The number of rotatable bonds is 4. The van der Waals surface area contributed by atoms with Crippen molar-refractivity contribution in [3.63, 3.8) is 0 Å². The van der Waals surface area contributed by atoms with Crippen LogP contribution in [0.2, 0.25) is 0 Å². The van der Waals surface area contributed by atoms with E-state index in [1.807, 2.05) is 4.90 Å². The quantitative estimate of drug-likeness (QED) is 0.394. The first-order valence-corrected chi connectivity index (χ1v) is 8.49. The summed E-state index contributed by atoms with van der Waals surface area (Å²) in [6.07, 6.45) is 1.25. The summed E-state index contributed by atoms with van der Waals surface area (Å²) in [4.78, 5) is 25.2. The largest absolute Gasteiger partial charge is 0.370 e. The third kappa shape index (κ3) is 3.12. The number of Topliss-reactive ketones (excluding diaryl/α,β-unsaturated/α-hetero) is 1. The Hall–Kier alpha value is -3.36. The molecule has 0 spiro atoms. The van der Waals surface area contributed by atoms with Crippen molar-refractivity contribution in [1.29, 1.82) is 0 Å². The topological polar surface area (TPSA) is 102 Å². The number of piperidine rings is 1. The van der Waals surface area contributed by atoms with Crippen LogP contribution < -0.4 is 4.90 Å². The van der Waals surface area contributed by atoms with Gasteiger partial charge in [0.25, 0.3) is 0 Å². The number of hydrogen-bond donors (Lipinski definition) is 0. The number of nitro benzene ring substituents is 1. The molecule has 2 aromatic carbocycles. The van der Waals surface area contributed by atoms with Gasteiger partial charge in [0.05, 0.1) is 10.6 Å². The highest BCUT2D eigenvalue weighted by molar-refractivity contribution is 5.98. The number of carbonyl (C=O) groups is 1. The molecule has 1 aliphatic heterocycles. The molecule has 9 heteroatoms. The van der Waals surface area contributed by atoms with Gasteiger partial charge in [-0.1, -0.05) is 0 Å². The zero-order chi connectivity index (χ0) is 19.0. The van der Waals surface area contributed by atoms with Crippen molar-refractivity contribution >= 4 is 28.2 Å². The lowest BCUT2D eigenvalue weighted by Gasteiger charge is -2.32. The lowest BCUT2D eigenvalue weighted by atomic mass is 9.88. The molecule has 0 N–H and O–H groups in total. The second-order valence-electron chi connectivity index (χ2n) is 6.45. The summed E-state index contributed by atoms with van der Waals surface area (Å²) in [6, 6.07) is 8.60. The van der Waals surface area contributed by atoms with E-state index < -0.39 is 4.92 Å². The van der Waals surface area contributed by atoms with Gasteiger partial charge in [-0.05, 0) is 53.5 Å². The molecule has 0 unspecified atom stereocenters. The molecule has 0 amide bonds. The number of carbonyl (C=O) groups excluding carboxylic acids is 1. The lowest BCUT2D eigenvalue weighted by Crippen LogP contribution is -2.36.